The van der Waals surface area contributed by atoms with Gasteiger partial charge in [-0.25, -0.2) is 0 Å². The number of para-hydroxylation sites is 1. The van der Waals surface area contributed by atoms with Gasteiger partial charge in [-0.15, -0.1) is 0 Å². The van der Waals surface area contributed by atoms with Crippen molar-refractivity contribution in [1.82, 2.24) is 0 Å². The van der Waals surface area contributed by atoms with Gasteiger partial charge in [-0.05, 0) is 42.4 Å². The molecule has 0 spiro atoms. The second-order valence-corrected chi connectivity index (χ2v) is 6.78. The molecule has 4 unspecified atom stereocenters. The van der Waals surface area contributed by atoms with Gasteiger partial charge >= 0.3 is 0 Å². The number of rotatable bonds is 1. The number of hydrogen-bond donors (Lipinski definition) is 0. The first-order chi connectivity index (χ1) is 10.6. The second kappa shape index (κ2) is 4.58. The molecule has 2 aliphatic carbocycles. The molecular formula is C19H18N2O. The lowest BCUT2D eigenvalue weighted by Gasteiger charge is -2.39. The molecule has 3 nitrogen and oxygen atoms in total. The number of fused-ring (bicyclic) bond motifs is 3. The Hall–Kier alpha value is -2.34. The molecule has 110 valence electrons. The van der Waals surface area contributed by atoms with Gasteiger partial charge in [0.1, 0.15) is 6.04 Å². The molecule has 0 N–H and O–H groups in total. The number of hydrogen-bond acceptors (Lipinski definition) is 2. The van der Waals surface area contributed by atoms with Gasteiger partial charge in [0.05, 0.1) is 17.2 Å². The summed E-state index contributed by atoms with van der Waals surface area (Å²) in [6.07, 6.45) is 10.2. The fourth-order valence-electron chi connectivity index (χ4n) is 4.23. The van der Waals surface area contributed by atoms with Crippen LogP contribution < -0.4 is 4.90 Å². The van der Waals surface area contributed by atoms with Gasteiger partial charge in [0.2, 0.25) is 5.91 Å². The summed E-state index contributed by atoms with van der Waals surface area (Å²) in [6.45, 7) is 2.07. The summed E-state index contributed by atoms with van der Waals surface area (Å²) in [4.78, 5) is 15.1. The molecule has 3 heteroatoms. The van der Waals surface area contributed by atoms with Crippen LogP contribution in [0.5, 0.6) is 0 Å². The van der Waals surface area contributed by atoms with Crippen molar-refractivity contribution in [2.24, 2.45) is 17.3 Å². The summed E-state index contributed by atoms with van der Waals surface area (Å²) >= 11 is 0. The van der Waals surface area contributed by atoms with Gasteiger partial charge in [0, 0.05) is 0 Å². The van der Waals surface area contributed by atoms with E-state index in [0.29, 0.717) is 11.8 Å². The Kier molecular flexibility index (Phi) is 2.77. The molecule has 3 aliphatic rings. The molecule has 0 radical (unpaired) electrons. The van der Waals surface area contributed by atoms with Crippen LogP contribution >= 0.6 is 0 Å². The van der Waals surface area contributed by atoms with Crippen molar-refractivity contribution in [2.45, 2.75) is 25.8 Å². The van der Waals surface area contributed by atoms with E-state index in [-0.39, 0.29) is 11.3 Å². The fourth-order valence-corrected chi connectivity index (χ4v) is 4.23. The Labute approximate surface area is 130 Å². The predicted molar refractivity (Wildman–Crippen MR) is 85.8 cm³/mol. The predicted octanol–water partition coefficient (Wildman–Crippen LogP) is 3.54. The molecule has 1 fully saturated rings. The molecule has 2 bridgehead atoms. The summed E-state index contributed by atoms with van der Waals surface area (Å²) < 4.78 is 0. The van der Waals surface area contributed by atoms with Crippen LogP contribution in [0.3, 0.4) is 0 Å². The van der Waals surface area contributed by atoms with Crippen molar-refractivity contribution in [3.05, 3.63) is 48.1 Å². The number of anilines is 1. The largest absolute Gasteiger partial charge is 0.291 e. The number of amides is 1. The van der Waals surface area contributed by atoms with Crippen molar-refractivity contribution < 1.29 is 4.79 Å². The van der Waals surface area contributed by atoms with Crippen LogP contribution in [0.2, 0.25) is 0 Å². The molecule has 4 rings (SSSR count). The molecule has 1 aliphatic heterocycles. The number of carbonyl (C=O) groups excluding carboxylic acids is 1. The van der Waals surface area contributed by atoms with E-state index in [0.717, 1.165) is 24.1 Å². The number of carbonyl (C=O) groups is 1. The monoisotopic (exact) mass is 290 g/mol. The Bertz CT molecular complexity index is 742. The lowest BCUT2D eigenvalue weighted by molar-refractivity contribution is -0.128. The zero-order valence-corrected chi connectivity index (χ0v) is 12.6. The molecule has 1 aromatic carbocycles. The van der Waals surface area contributed by atoms with Crippen LogP contribution in [0.15, 0.2) is 42.5 Å². The summed E-state index contributed by atoms with van der Waals surface area (Å²) in [5, 5.41) is 9.49. The van der Waals surface area contributed by atoms with Crippen LogP contribution in [-0.4, -0.2) is 11.9 Å². The third-order valence-electron chi connectivity index (χ3n) is 5.45. The average molecular weight is 290 g/mol. The number of nitrogens with zero attached hydrogens (tertiary/aromatic N) is 2. The van der Waals surface area contributed by atoms with E-state index in [2.05, 4.69) is 25.1 Å². The van der Waals surface area contributed by atoms with Crippen LogP contribution in [-0.2, 0) is 4.79 Å². The third kappa shape index (κ3) is 1.70. The van der Waals surface area contributed by atoms with Crippen molar-refractivity contribution in [1.29, 1.82) is 5.26 Å². The summed E-state index contributed by atoms with van der Waals surface area (Å²) in [6, 6.07) is 9.56. The topological polar surface area (TPSA) is 44.1 Å². The molecule has 1 aromatic rings. The van der Waals surface area contributed by atoms with Crippen molar-refractivity contribution in [3.63, 3.8) is 0 Å². The molecule has 1 heterocycles. The fraction of sp³-hybridized carbons (Fsp3) is 0.368. The third-order valence-corrected chi connectivity index (χ3v) is 5.45. The maximum absolute atomic E-state index is 13.4. The number of benzene rings is 1. The van der Waals surface area contributed by atoms with E-state index in [1.165, 1.54) is 0 Å². The minimum atomic E-state index is -0.512. The standard InChI is InChI=1S/C19H18N2O/c1-19(11-13-6-8-15(19)10-13)18(22)21-16(12-20)9-7-14-4-2-3-5-17(14)21/h2-9,13,15-16H,10-11H2,1H3. The average Bonchev–Trinajstić information content (AvgIpc) is 3.14. The first-order valence-corrected chi connectivity index (χ1v) is 7.82. The first kappa shape index (κ1) is 13.3. The van der Waals surface area contributed by atoms with E-state index >= 15 is 0 Å². The van der Waals surface area contributed by atoms with E-state index in [1.54, 1.807) is 4.90 Å². The lowest BCUT2D eigenvalue weighted by Crippen LogP contribution is -2.49. The smallest absolute Gasteiger partial charge is 0.234 e. The summed E-state index contributed by atoms with van der Waals surface area (Å²) in [7, 11) is 0. The number of allylic oxidation sites excluding steroid dienone is 2. The van der Waals surface area contributed by atoms with Crippen LogP contribution in [0.4, 0.5) is 5.69 Å². The Morgan fingerprint density at radius 1 is 1.32 bits per heavy atom. The second-order valence-electron chi connectivity index (χ2n) is 6.78. The first-order valence-electron chi connectivity index (χ1n) is 7.82. The minimum Gasteiger partial charge on any atom is -0.291 e. The van der Waals surface area contributed by atoms with E-state index in [4.69, 9.17) is 0 Å². The highest BCUT2D eigenvalue weighted by molar-refractivity contribution is 6.02. The molecule has 22 heavy (non-hydrogen) atoms. The summed E-state index contributed by atoms with van der Waals surface area (Å²) in [5.74, 6) is 0.921. The molecule has 4 atom stereocenters. The van der Waals surface area contributed by atoms with Crippen molar-refractivity contribution in [3.8, 4) is 6.07 Å². The molecule has 1 amide bonds. The van der Waals surface area contributed by atoms with Gasteiger partial charge in [-0.3, -0.25) is 9.69 Å². The Balaban J connectivity index is 1.77. The molecule has 0 saturated heterocycles. The van der Waals surface area contributed by atoms with E-state index in [1.807, 2.05) is 36.4 Å². The Morgan fingerprint density at radius 2 is 2.14 bits per heavy atom. The summed E-state index contributed by atoms with van der Waals surface area (Å²) in [5.41, 5.74) is 1.48. The van der Waals surface area contributed by atoms with Gasteiger partial charge in [-0.2, -0.15) is 5.26 Å². The highest BCUT2D eigenvalue weighted by Gasteiger charge is 2.52. The van der Waals surface area contributed by atoms with Crippen molar-refractivity contribution >= 4 is 17.7 Å². The van der Waals surface area contributed by atoms with E-state index < -0.39 is 6.04 Å². The Morgan fingerprint density at radius 3 is 2.82 bits per heavy atom. The van der Waals surface area contributed by atoms with Gasteiger partial charge in [0.15, 0.2) is 0 Å². The van der Waals surface area contributed by atoms with Crippen molar-refractivity contribution in [2.75, 3.05) is 4.90 Å². The zero-order chi connectivity index (χ0) is 15.3. The maximum Gasteiger partial charge on any atom is 0.234 e. The lowest BCUT2D eigenvalue weighted by atomic mass is 9.75. The maximum atomic E-state index is 13.4. The van der Waals surface area contributed by atoms with Crippen LogP contribution in [0, 0.1) is 28.6 Å². The highest BCUT2D eigenvalue weighted by atomic mass is 16.2. The molecule has 1 saturated carbocycles. The van der Waals surface area contributed by atoms with Gasteiger partial charge in [-0.1, -0.05) is 43.4 Å². The van der Waals surface area contributed by atoms with Gasteiger partial charge in [0.25, 0.3) is 0 Å². The molecule has 0 aromatic heterocycles. The quantitative estimate of drug-likeness (QED) is 0.742. The SMILES string of the molecule is CC1(C(=O)N2c3ccccc3C=CC2C#N)CC2C=CC1C2. The van der Waals surface area contributed by atoms with Crippen LogP contribution in [0.25, 0.3) is 6.08 Å². The molecular weight excluding hydrogens is 272 g/mol. The van der Waals surface area contributed by atoms with E-state index in [9.17, 15) is 10.1 Å². The highest BCUT2D eigenvalue weighted by Crippen LogP contribution is 2.53. The number of nitriles is 1. The van der Waals surface area contributed by atoms with Gasteiger partial charge < -0.3 is 0 Å². The zero-order valence-electron chi connectivity index (χ0n) is 12.6. The normalized spacial score (nSPS) is 34.5. The minimum absolute atomic E-state index is 0.0905. The van der Waals surface area contributed by atoms with Crippen LogP contribution in [0.1, 0.15) is 25.3 Å².